The molecule has 4 aromatic carbocycles. The predicted octanol–water partition coefficient (Wildman–Crippen LogP) is 6.51. The molecule has 258 valence electrons. The summed E-state index contributed by atoms with van der Waals surface area (Å²) in [6.07, 6.45) is 2.75. The number of aliphatic hydroxyl groups is 1. The summed E-state index contributed by atoms with van der Waals surface area (Å²) in [6.45, 7) is 3.44. The van der Waals surface area contributed by atoms with Crippen LogP contribution in [0.3, 0.4) is 0 Å². The first-order chi connectivity index (χ1) is 23.5. The SMILES string of the molecule is CC(C)O.COc1cc2ncnc(Cl)c2cc1OC.COc1cc2ncnc(Nc3cccc(N)c3)c2cc1OC.Nc1cccc(N)c1. The van der Waals surface area contributed by atoms with E-state index >= 15 is 0 Å². The average Bonchev–Trinajstić information content (AvgIpc) is 3.07. The van der Waals surface area contributed by atoms with Crippen molar-refractivity contribution in [2.75, 3.05) is 51.0 Å². The molecule has 8 N–H and O–H groups in total. The topological polar surface area (TPSA) is 199 Å². The van der Waals surface area contributed by atoms with Crippen LogP contribution in [-0.2, 0) is 0 Å². The largest absolute Gasteiger partial charge is 0.493 e. The van der Waals surface area contributed by atoms with E-state index in [0.717, 1.165) is 27.5 Å². The van der Waals surface area contributed by atoms with Crippen LogP contribution in [0.1, 0.15) is 13.8 Å². The molecule has 13 nitrogen and oxygen atoms in total. The van der Waals surface area contributed by atoms with E-state index in [1.54, 1.807) is 72.6 Å². The van der Waals surface area contributed by atoms with Gasteiger partial charge in [-0.25, -0.2) is 19.9 Å². The lowest BCUT2D eigenvalue weighted by atomic mass is 10.2. The Morgan fingerprint density at radius 2 is 1.04 bits per heavy atom. The molecule has 49 heavy (non-hydrogen) atoms. The molecule has 0 radical (unpaired) electrons. The van der Waals surface area contributed by atoms with Crippen LogP contribution in [0, 0.1) is 0 Å². The maximum atomic E-state index is 8.06. The summed E-state index contributed by atoms with van der Waals surface area (Å²) in [6, 6.07) is 21.8. The molecule has 2 aromatic heterocycles. The van der Waals surface area contributed by atoms with Gasteiger partial charge in [0.15, 0.2) is 23.0 Å². The van der Waals surface area contributed by atoms with Crippen molar-refractivity contribution in [1.82, 2.24) is 19.9 Å². The second kappa shape index (κ2) is 18.5. The van der Waals surface area contributed by atoms with E-state index in [0.29, 0.717) is 51.0 Å². The first-order valence-corrected chi connectivity index (χ1v) is 15.2. The minimum absolute atomic E-state index is 0.167. The lowest BCUT2D eigenvalue weighted by Crippen LogP contribution is -1.98. The van der Waals surface area contributed by atoms with Gasteiger partial charge >= 0.3 is 0 Å². The van der Waals surface area contributed by atoms with Gasteiger partial charge in [-0.05, 0) is 62.4 Å². The molecule has 6 aromatic rings. The molecule has 0 aliphatic heterocycles. The van der Waals surface area contributed by atoms with E-state index in [1.807, 2.05) is 42.5 Å². The molecule has 2 heterocycles. The number of nitrogens with zero attached hydrogens (tertiary/aromatic N) is 4. The van der Waals surface area contributed by atoms with Gasteiger partial charge in [0, 0.05) is 51.8 Å². The number of methoxy groups -OCH3 is 4. The highest BCUT2D eigenvalue weighted by Gasteiger charge is 2.11. The van der Waals surface area contributed by atoms with Gasteiger partial charge in [0.2, 0.25) is 0 Å². The van der Waals surface area contributed by atoms with Crippen molar-refractivity contribution in [3.63, 3.8) is 0 Å². The first-order valence-electron chi connectivity index (χ1n) is 14.8. The molecule has 0 fully saturated rings. The zero-order chi connectivity index (χ0) is 35.9. The van der Waals surface area contributed by atoms with Crippen LogP contribution in [-0.4, -0.2) is 59.6 Å². The van der Waals surface area contributed by atoms with E-state index in [1.165, 1.54) is 12.7 Å². The van der Waals surface area contributed by atoms with Crippen molar-refractivity contribution in [2.45, 2.75) is 20.0 Å². The van der Waals surface area contributed by atoms with Crippen LogP contribution < -0.4 is 41.5 Å². The Labute approximate surface area is 290 Å². The molecular weight excluding hydrogens is 648 g/mol. The van der Waals surface area contributed by atoms with Crippen LogP contribution in [0.5, 0.6) is 23.0 Å². The number of anilines is 5. The van der Waals surface area contributed by atoms with Gasteiger partial charge in [-0.3, -0.25) is 0 Å². The van der Waals surface area contributed by atoms with Crippen molar-refractivity contribution in [1.29, 1.82) is 0 Å². The number of nitrogen functional groups attached to an aromatic ring is 3. The molecular formula is C35H41ClN8O5. The molecule has 0 atom stereocenters. The number of nitrogens with two attached hydrogens (primary N) is 3. The summed E-state index contributed by atoms with van der Waals surface area (Å²) in [5.74, 6) is 3.17. The van der Waals surface area contributed by atoms with Gasteiger partial charge in [-0.2, -0.15) is 0 Å². The highest BCUT2D eigenvalue weighted by molar-refractivity contribution is 6.34. The maximum Gasteiger partial charge on any atom is 0.162 e. The second-order valence-electron chi connectivity index (χ2n) is 10.3. The molecule has 0 aliphatic carbocycles. The van der Waals surface area contributed by atoms with Gasteiger partial charge in [0.1, 0.15) is 23.6 Å². The third kappa shape index (κ3) is 11.2. The quantitative estimate of drug-likeness (QED) is 0.0938. The number of halogens is 1. The molecule has 14 heteroatoms. The van der Waals surface area contributed by atoms with Crippen molar-refractivity contribution in [3.05, 3.63) is 90.6 Å². The Balaban J connectivity index is 0.000000207. The predicted molar refractivity (Wildman–Crippen MR) is 197 cm³/mol. The smallest absolute Gasteiger partial charge is 0.162 e. The summed E-state index contributed by atoms with van der Waals surface area (Å²) < 4.78 is 21.0. The number of hydrogen-bond acceptors (Lipinski definition) is 13. The molecule has 0 bridgehead atoms. The maximum absolute atomic E-state index is 8.06. The fourth-order valence-corrected chi connectivity index (χ4v) is 4.34. The zero-order valence-electron chi connectivity index (χ0n) is 28.1. The standard InChI is InChI=1S/C16H16N4O2.C10H9ClN2O2.C6H8N2.C3H8O/c1-21-14-7-12-13(8-15(14)22-2)18-9-19-16(12)20-11-5-3-4-10(17)6-11;1-14-8-3-6-7(4-9(8)15-2)12-5-13-10(6)11;7-5-2-1-3-6(8)4-5;1-3(2)4/h3-9H,17H2,1-2H3,(H,18,19,20);3-5H,1-2H3;1-4H,7-8H2;3-4H,1-2H3. The summed E-state index contributed by atoms with van der Waals surface area (Å²) >= 11 is 5.93. The molecule has 0 saturated carbocycles. The Hall–Kier alpha value is -5.79. The summed E-state index contributed by atoms with van der Waals surface area (Å²) in [5.41, 5.74) is 21.0. The zero-order valence-corrected chi connectivity index (χ0v) is 28.9. The van der Waals surface area contributed by atoms with Crippen molar-refractivity contribution in [3.8, 4) is 23.0 Å². The summed E-state index contributed by atoms with van der Waals surface area (Å²) in [4.78, 5) is 16.6. The van der Waals surface area contributed by atoms with Crippen LogP contribution in [0.15, 0.2) is 85.5 Å². The molecule has 0 amide bonds. The molecule has 0 unspecified atom stereocenters. The van der Waals surface area contributed by atoms with E-state index < -0.39 is 0 Å². The molecule has 0 spiro atoms. The Kier molecular flexibility index (Phi) is 14.2. The molecule has 6 rings (SSSR count). The van der Waals surface area contributed by atoms with E-state index in [2.05, 4.69) is 25.3 Å². The highest BCUT2D eigenvalue weighted by atomic mass is 35.5. The molecule has 0 aliphatic rings. The fourth-order valence-electron chi connectivity index (χ4n) is 4.15. The third-order valence-electron chi connectivity index (χ3n) is 6.29. The number of aliphatic hydroxyl groups excluding tert-OH is 1. The number of rotatable bonds is 6. The van der Waals surface area contributed by atoms with Gasteiger partial charge in [0.05, 0.1) is 39.5 Å². The normalized spacial score (nSPS) is 10.1. The number of benzene rings is 4. The number of hydrogen-bond donors (Lipinski definition) is 5. The minimum Gasteiger partial charge on any atom is -0.493 e. The minimum atomic E-state index is -0.167. The van der Waals surface area contributed by atoms with Crippen molar-refractivity contribution >= 4 is 62.0 Å². The van der Waals surface area contributed by atoms with E-state index in [4.69, 9.17) is 52.9 Å². The lowest BCUT2D eigenvalue weighted by molar-refractivity contribution is 0.216. The number of aromatic nitrogens is 4. The lowest BCUT2D eigenvalue weighted by Gasteiger charge is -2.12. The third-order valence-corrected chi connectivity index (χ3v) is 6.59. The monoisotopic (exact) mass is 688 g/mol. The van der Waals surface area contributed by atoms with Crippen LogP contribution in [0.4, 0.5) is 28.6 Å². The van der Waals surface area contributed by atoms with Crippen LogP contribution >= 0.6 is 11.6 Å². The summed E-state index contributed by atoms with van der Waals surface area (Å²) in [5, 5.41) is 13.3. The van der Waals surface area contributed by atoms with Gasteiger partial charge < -0.3 is 46.6 Å². The fraction of sp³-hybridized carbons (Fsp3) is 0.200. The van der Waals surface area contributed by atoms with Crippen molar-refractivity contribution < 1.29 is 24.1 Å². The highest BCUT2D eigenvalue weighted by Crippen LogP contribution is 2.35. The summed E-state index contributed by atoms with van der Waals surface area (Å²) in [7, 11) is 6.34. The van der Waals surface area contributed by atoms with Gasteiger partial charge in [0.25, 0.3) is 0 Å². The Morgan fingerprint density at radius 1 is 0.612 bits per heavy atom. The molecule has 0 saturated heterocycles. The van der Waals surface area contributed by atoms with Crippen molar-refractivity contribution in [2.24, 2.45) is 0 Å². The number of fused-ring (bicyclic) bond motifs is 2. The first kappa shape index (κ1) is 37.7. The Bertz CT molecular complexity index is 1940. The number of nitrogens with one attached hydrogen (secondary N) is 1. The van der Waals surface area contributed by atoms with Crippen LogP contribution in [0.25, 0.3) is 21.8 Å². The average molecular weight is 689 g/mol. The second-order valence-corrected chi connectivity index (χ2v) is 10.7. The van der Waals surface area contributed by atoms with Gasteiger partial charge in [-0.1, -0.05) is 23.7 Å². The Morgan fingerprint density at radius 3 is 1.51 bits per heavy atom. The van der Waals surface area contributed by atoms with E-state index in [9.17, 15) is 0 Å². The van der Waals surface area contributed by atoms with E-state index in [-0.39, 0.29) is 6.10 Å². The number of ether oxygens (including phenoxy) is 4. The van der Waals surface area contributed by atoms with Gasteiger partial charge in [-0.15, -0.1) is 0 Å². The van der Waals surface area contributed by atoms with Crippen LogP contribution in [0.2, 0.25) is 5.15 Å².